The van der Waals surface area contributed by atoms with Crippen LogP contribution in [0.4, 0.5) is 21.4 Å². The van der Waals surface area contributed by atoms with E-state index < -0.39 is 52.3 Å². The normalized spacial score (nSPS) is 18.3. The average Bonchev–Trinajstić information content (AvgIpc) is 3.52. The van der Waals surface area contributed by atoms with Crippen LogP contribution >= 0.6 is 23.3 Å². The number of ketones is 1. The van der Waals surface area contributed by atoms with Crippen LogP contribution in [0.3, 0.4) is 0 Å². The van der Waals surface area contributed by atoms with Crippen molar-refractivity contribution in [2.24, 2.45) is 18.1 Å². The summed E-state index contributed by atoms with van der Waals surface area (Å²) in [6.45, 7) is 4.91. The van der Waals surface area contributed by atoms with Gasteiger partial charge in [0.1, 0.15) is 5.70 Å². The second kappa shape index (κ2) is 13.1. The Labute approximate surface area is 264 Å². The molecule has 0 saturated carbocycles. The van der Waals surface area contributed by atoms with Crippen LogP contribution in [0.2, 0.25) is 0 Å². The van der Waals surface area contributed by atoms with Crippen LogP contribution in [0.5, 0.6) is 0 Å². The van der Waals surface area contributed by atoms with Gasteiger partial charge in [-0.3, -0.25) is 19.8 Å². The van der Waals surface area contributed by atoms with Crippen LogP contribution in [0, 0.1) is 5.92 Å². The number of anilines is 3. The molecule has 2 aromatic rings. The second-order valence-electron chi connectivity index (χ2n) is 10.6. The zero-order valence-electron chi connectivity index (χ0n) is 24.8. The number of urea groups is 1. The molecule has 3 amide bonds. The number of β-lactam (4-membered cyclic amide) rings is 1. The van der Waals surface area contributed by atoms with Gasteiger partial charge in [0.25, 0.3) is 0 Å². The molecule has 2 aliphatic heterocycles. The lowest BCUT2D eigenvalue weighted by molar-refractivity contribution is -0.765. The van der Waals surface area contributed by atoms with E-state index in [9.17, 15) is 34.2 Å². The van der Waals surface area contributed by atoms with Crippen LogP contribution < -0.4 is 26.8 Å². The number of thioether (sulfide) groups is 1. The molecule has 1 fully saturated rings. The number of nitrogen functional groups attached to an aromatic ring is 2. The number of carboxylic acid groups (broad SMARTS) is 2. The minimum atomic E-state index is -1.79. The Bertz CT molecular complexity index is 1610. The maximum atomic E-state index is 13.4. The second-order valence-corrected chi connectivity index (χ2v) is 12.5. The third-order valence-corrected chi connectivity index (χ3v) is 8.93. The van der Waals surface area contributed by atoms with Crippen LogP contribution in [0.15, 0.2) is 22.6 Å². The summed E-state index contributed by atoms with van der Waals surface area (Å²) in [5.74, 6) is -4.58. The first-order chi connectivity index (χ1) is 21.2. The monoisotopic (exact) mass is 665 g/mol. The third kappa shape index (κ3) is 6.85. The number of carboxylic acids is 2. The van der Waals surface area contributed by atoms with Gasteiger partial charge < -0.3 is 31.8 Å². The van der Waals surface area contributed by atoms with E-state index in [1.54, 1.807) is 22.6 Å². The Morgan fingerprint density at radius 1 is 1.27 bits per heavy atom. The highest BCUT2D eigenvalue weighted by molar-refractivity contribution is 8.00. The van der Waals surface area contributed by atoms with Gasteiger partial charge in [-0.05, 0) is 20.3 Å². The van der Waals surface area contributed by atoms with Crippen LogP contribution in [-0.2, 0) is 37.6 Å². The number of Topliss-reactive ketones (excluding diaryl/α,β-unsaturated/α-hetero) is 1. The summed E-state index contributed by atoms with van der Waals surface area (Å²) in [5, 5.41) is 27.9. The van der Waals surface area contributed by atoms with E-state index in [-0.39, 0.29) is 41.2 Å². The molecule has 45 heavy (non-hydrogen) atoms. The minimum Gasteiger partial charge on any atom is -0.478 e. The van der Waals surface area contributed by atoms with Gasteiger partial charge in [-0.25, -0.2) is 14.4 Å². The third-order valence-electron chi connectivity index (χ3n) is 6.99. The summed E-state index contributed by atoms with van der Waals surface area (Å²) in [6.07, 6.45) is 1.93. The van der Waals surface area contributed by atoms with Gasteiger partial charge in [-0.2, -0.15) is 9.36 Å². The standard InChI is InChI=1S/C25H32N10O8S2/c1-5-6-28-24(42)29-13-9-34(33(4)17(13)26)8-11-10-44-20-12(19(37)35(20)16(11)21(38)39)7-14(36)15(18-30-23(27)45-32-18)31-43-25(2,3)22(40)41/h9,12,20,26H,5-8,10H2,1-4H3,(H6,27,28,29,30,32,38,39,40,41,42)/p+1/b31-15+/t12-,20-/m1/s1. The smallest absolute Gasteiger partial charge is 0.352 e. The van der Waals surface area contributed by atoms with Crippen molar-refractivity contribution in [2.75, 3.05) is 29.1 Å². The Kier molecular flexibility index (Phi) is 9.66. The number of rotatable bonds is 13. The highest BCUT2D eigenvalue weighted by atomic mass is 32.2. The summed E-state index contributed by atoms with van der Waals surface area (Å²) in [7, 11) is 1.64. The number of nitrogens with zero attached hydrogens (tertiary/aromatic N) is 6. The van der Waals surface area contributed by atoms with Crippen molar-refractivity contribution in [1.82, 2.24) is 24.3 Å². The van der Waals surface area contributed by atoms with E-state index in [4.69, 9.17) is 16.3 Å². The zero-order valence-corrected chi connectivity index (χ0v) is 26.4. The number of aliphatic carboxylic acids is 2. The molecule has 0 radical (unpaired) electrons. The number of nitrogens with one attached hydrogen (secondary N) is 2. The van der Waals surface area contributed by atoms with Crippen molar-refractivity contribution < 1.29 is 43.7 Å². The lowest BCUT2D eigenvalue weighted by Crippen LogP contribution is -2.62. The predicted molar refractivity (Wildman–Crippen MR) is 162 cm³/mol. The van der Waals surface area contributed by atoms with Gasteiger partial charge in [0.15, 0.2) is 34.7 Å². The largest absolute Gasteiger partial charge is 0.478 e. The number of oxime groups is 1. The predicted octanol–water partition coefficient (Wildman–Crippen LogP) is -0.0267. The molecule has 4 heterocycles. The molecule has 0 bridgehead atoms. The van der Waals surface area contributed by atoms with Crippen molar-refractivity contribution in [3.8, 4) is 0 Å². The molecule has 2 aliphatic rings. The Balaban J connectivity index is 1.54. The zero-order chi connectivity index (χ0) is 33.2. The molecule has 0 spiro atoms. The fraction of sp³-hybridized carbons (Fsp3) is 0.480. The van der Waals surface area contributed by atoms with Gasteiger partial charge in [0.2, 0.25) is 23.5 Å². The fourth-order valence-corrected chi connectivity index (χ4v) is 6.28. The number of fused-ring (bicyclic) bond motifs is 1. The molecular formula is C25H33N10O8S2+. The Morgan fingerprint density at radius 2 is 1.98 bits per heavy atom. The van der Waals surface area contributed by atoms with E-state index >= 15 is 0 Å². The molecule has 2 aromatic heterocycles. The van der Waals surface area contributed by atoms with Gasteiger partial charge in [0.05, 0.1) is 18.3 Å². The number of amides is 3. The van der Waals surface area contributed by atoms with Crippen molar-refractivity contribution in [2.45, 2.75) is 51.1 Å². The number of aromatic nitrogens is 4. The number of hydrogen-bond donors (Lipinski definition) is 6. The quantitative estimate of drug-likeness (QED) is 0.0712. The molecule has 20 heteroatoms. The van der Waals surface area contributed by atoms with Crippen molar-refractivity contribution in [3.63, 3.8) is 0 Å². The van der Waals surface area contributed by atoms with E-state index in [0.717, 1.165) is 22.9 Å². The molecule has 8 N–H and O–H groups in total. The van der Waals surface area contributed by atoms with Crippen LogP contribution in [-0.4, -0.2) is 87.8 Å². The fourth-order valence-electron chi connectivity index (χ4n) is 4.45. The maximum Gasteiger partial charge on any atom is 0.352 e. The Morgan fingerprint density at radius 3 is 2.58 bits per heavy atom. The van der Waals surface area contributed by atoms with Gasteiger partial charge in [0, 0.05) is 35.8 Å². The Hall–Kier alpha value is -4.72. The molecule has 0 aliphatic carbocycles. The molecule has 4 rings (SSSR count). The summed E-state index contributed by atoms with van der Waals surface area (Å²) < 4.78 is 7.13. The SMILES string of the molecule is CCCNC(=O)Nc1c[n+](CC2=C(C(=O)O)N3C(=O)[C@@H](CC(=O)/C(=N\OC(C)(C)C(=O)O)c4nsc(N)n4)[C@H]3SC2)n(C)c1N. The average molecular weight is 666 g/mol. The van der Waals surface area contributed by atoms with E-state index in [1.165, 1.54) is 25.6 Å². The van der Waals surface area contributed by atoms with Gasteiger partial charge in [-0.15, -0.1) is 21.1 Å². The highest BCUT2D eigenvalue weighted by Crippen LogP contribution is 2.45. The van der Waals surface area contributed by atoms with E-state index in [2.05, 4.69) is 25.1 Å². The summed E-state index contributed by atoms with van der Waals surface area (Å²) in [6, 6.07) is -0.436. The van der Waals surface area contributed by atoms with E-state index in [1.807, 2.05) is 6.92 Å². The van der Waals surface area contributed by atoms with E-state index in [0.29, 0.717) is 17.8 Å². The topological polar surface area (TPSA) is 261 Å². The first-order valence-corrected chi connectivity index (χ1v) is 15.4. The van der Waals surface area contributed by atoms with Gasteiger partial charge in [-0.1, -0.05) is 12.1 Å². The minimum absolute atomic E-state index is 0.0287. The summed E-state index contributed by atoms with van der Waals surface area (Å²) >= 11 is 2.07. The molecule has 2 atom stereocenters. The van der Waals surface area contributed by atoms with Gasteiger partial charge >= 0.3 is 18.0 Å². The lowest BCUT2D eigenvalue weighted by atomic mass is 9.89. The van der Waals surface area contributed by atoms with Crippen LogP contribution in [0.25, 0.3) is 0 Å². The summed E-state index contributed by atoms with van der Waals surface area (Å²) in [4.78, 5) is 72.9. The maximum absolute atomic E-state index is 13.4. The molecule has 242 valence electrons. The first-order valence-electron chi connectivity index (χ1n) is 13.6. The molecule has 1 saturated heterocycles. The highest BCUT2D eigenvalue weighted by Gasteiger charge is 2.54. The summed E-state index contributed by atoms with van der Waals surface area (Å²) in [5.41, 5.74) is 10.2. The number of nitrogens with two attached hydrogens (primary N) is 2. The van der Waals surface area contributed by atoms with Crippen LogP contribution in [0.1, 0.15) is 39.4 Å². The molecular weight excluding hydrogens is 632 g/mol. The molecule has 0 unspecified atom stereocenters. The first kappa shape index (κ1) is 33.2. The van der Waals surface area contributed by atoms with Crippen molar-refractivity contribution in [3.05, 3.63) is 23.3 Å². The lowest BCUT2D eigenvalue weighted by Gasteiger charge is -2.49. The van der Waals surface area contributed by atoms with Crippen molar-refractivity contribution in [1.29, 1.82) is 0 Å². The molecule has 18 nitrogen and oxygen atoms in total. The number of carbonyl (C=O) groups is 5. The number of hydrogen-bond acceptors (Lipinski definition) is 13. The van der Waals surface area contributed by atoms with Crippen molar-refractivity contribution >= 4 is 75.3 Å². The molecule has 0 aromatic carbocycles. The number of carbonyl (C=O) groups excluding carboxylic acids is 3.